The maximum atomic E-state index is 6.10. The molecule has 1 saturated heterocycles. The molecule has 1 aliphatic rings. The van der Waals surface area contributed by atoms with Crippen molar-refractivity contribution in [2.45, 2.75) is 19.4 Å². The maximum absolute atomic E-state index is 6.10. The van der Waals surface area contributed by atoms with Gasteiger partial charge in [-0.25, -0.2) is 0 Å². The van der Waals surface area contributed by atoms with Crippen molar-refractivity contribution in [3.05, 3.63) is 22.2 Å². The Morgan fingerprint density at radius 1 is 1.41 bits per heavy atom. The van der Waals surface area contributed by atoms with Crippen molar-refractivity contribution in [1.82, 2.24) is 0 Å². The zero-order chi connectivity index (χ0) is 12.4. The van der Waals surface area contributed by atoms with Gasteiger partial charge < -0.3 is 15.8 Å². The standard InChI is InChI=1S/C12H16Cl2N2O/c1-7-8(2-3-17-7)6-16-12-10(13)4-9(15)5-11(12)14/h4-5,7-8,16H,2-3,6,15H2,1H3. The van der Waals surface area contributed by atoms with Crippen LogP contribution in [0.2, 0.25) is 10.0 Å². The molecule has 0 spiro atoms. The van der Waals surface area contributed by atoms with Crippen LogP contribution in [0.25, 0.3) is 0 Å². The van der Waals surface area contributed by atoms with E-state index in [2.05, 4.69) is 12.2 Å². The van der Waals surface area contributed by atoms with Crippen molar-refractivity contribution in [3.63, 3.8) is 0 Å². The molecule has 0 amide bonds. The molecule has 5 heteroatoms. The van der Waals surface area contributed by atoms with Gasteiger partial charge in [-0.1, -0.05) is 23.2 Å². The number of hydrogen-bond acceptors (Lipinski definition) is 3. The lowest BCUT2D eigenvalue weighted by atomic mass is 10.0. The van der Waals surface area contributed by atoms with Crippen LogP contribution in [0.3, 0.4) is 0 Å². The van der Waals surface area contributed by atoms with Gasteiger partial charge in [-0.05, 0) is 25.5 Å². The third-order valence-electron chi connectivity index (χ3n) is 3.14. The van der Waals surface area contributed by atoms with E-state index in [-0.39, 0.29) is 6.10 Å². The molecule has 2 rings (SSSR count). The first-order valence-corrected chi connectivity index (χ1v) is 6.43. The zero-order valence-electron chi connectivity index (χ0n) is 9.67. The Kier molecular flexibility index (Phi) is 4.02. The molecular weight excluding hydrogens is 259 g/mol. The van der Waals surface area contributed by atoms with E-state index in [1.54, 1.807) is 12.1 Å². The molecule has 1 heterocycles. The molecule has 0 aromatic heterocycles. The van der Waals surface area contributed by atoms with Crippen LogP contribution >= 0.6 is 23.2 Å². The summed E-state index contributed by atoms with van der Waals surface area (Å²) in [6.07, 6.45) is 1.35. The fourth-order valence-corrected chi connectivity index (χ4v) is 2.68. The summed E-state index contributed by atoms with van der Waals surface area (Å²) in [6.45, 7) is 3.73. The van der Waals surface area contributed by atoms with Crippen molar-refractivity contribution >= 4 is 34.6 Å². The predicted octanol–water partition coefficient (Wildman–Crippen LogP) is 3.41. The topological polar surface area (TPSA) is 47.3 Å². The number of nitrogen functional groups attached to an aromatic ring is 1. The van der Waals surface area contributed by atoms with Gasteiger partial charge in [0.05, 0.1) is 21.8 Å². The van der Waals surface area contributed by atoms with Gasteiger partial charge in [0.25, 0.3) is 0 Å². The van der Waals surface area contributed by atoms with Crippen LogP contribution in [0.15, 0.2) is 12.1 Å². The summed E-state index contributed by atoms with van der Waals surface area (Å²) in [7, 11) is 0. The Balaban J connectivity index is 2.04. The summed E-state index contributed by atoms with van der Waals surface area (Å²) in [4.78, 5) is 0. The maximum Gasteiger partial charge on any atom is 0.0720 e. The number of rotatable bonds is 3. The predicted molar refractivity (Wildman–Crippen MR) is 72.9 cm³/mol. The summed E-state index contributed by atoms with van der Waals surface area (Å²) in [5, 5.41) is 4.40. The minimum absolute atomic E-state index is 0.286. The largest absolute Gasteiger partial charge is 0.399 e. The van der Waals surface area contributed by atoms with Gasteiger partial charge in [0, 0.05) is 24.8 Å². The molecule has 94 valence electrons. The molecule has 1 aromatic rings. The lowest BCUT2D eigenvalue weighted by Gasteiger charge is -2.17. The second-order valence-corrected chi connectivity index (χ2v) is 5.18. The van der Waals surface area contributed by atoms with Crippen LogP contribution in [0.4, 0.5) is 11.4 Å². The van der Waals surface area contributed by atoms with E-state index in [9.17, 15) is 0 Å². The Labute approximate surface area is 111 Å². The quantitative estimate of drug-likeness (QED) is 0.831. The van der Waals surface area contributed by atoms with E-state index in [1.165, 1.54) is 0 Å². The van der Waals surface area contributed by atoms with Crippen LogP contribution in [-0.4, -0.2) is 19.3 Å². The van der Waals surface area contributed by atoms with Crippen molar-refractivity contribution in [1.29, 1.82) is 0 Å². The zero-order valence-corrected chi connectivity index (χ0v) is 11.2. The number of nitrogens with one attached hydrogen (secondary N) is 1. The third-order valence-corrected chi connectivity index (χ3v) is 3.73. The van der Waals surface area contributed by atoms with Gasteiger partial charge in [-0.15, -0.1) is 0 Å². The summed E-state index contributed by atoms with van der Waals surface area (Å²) in [6, 6.07) is 3.40. The first kappa shape index (κ1) is 12.8. The van der Waals surface area contributed by atoms with E-state index in [0.717, 1.165) is 25.3 Å². The number of nitrogens with two attached hydrogens (primary N) is 1. The number of benzene rings is 1. The Bertz CT molecular complexity index is 388. The number of halogens is 2. The molecule has 3 nitrogen and oxygen atoms in total. The molecule has 0 aliphatic carbocycles. The molecule has 1 fully saturated rings. The monoisotopic (exact) mass is 274 g/mol. The van der Waals surface area contributed by atoms with Gasteiger partial charge in [0.2, 0.25) is 0 Å². The van der Waals surface area contributed by atoms with Crippen molar-refractivity contribution in [3.8, 4) is 0 Å². The molecule has 2 unspecified atom stereocenters. The first-order chi connectivity index (χ1) is 8.08. The minimum Gasteiger partial charge on any atom is -0.399 e. The fraction of sp³-hybridized carbons (Fsp3) is 0.500. The average Bonchev–Trinajstić information content (AvgIpc) is 2.62. The Morgan fingerprint density at radius 2 is 2.06 bits per heavy atom. The minimum atomic E-state index is 0.286. The molecule has 0 radical (unpaired) electrons. The van der Waals surface area contributed by atoms with Crippen molar-refractivity contribution < 1.29 is 4.74 Å². The highest BCUT2D eigenvalue weighted by Crippen LogP contribution is 2.33. The molecule has 3 N–H and O–H groups in total. The van der Waals surface area contributed by atoms with Gasteiger partial charge in [0.15, 0.2) is 0 Å². The summed E-state index contributed by atoms with van der Waals surface area (Å²) in [5.74, 6) is 0.500. The molecule has 2 atom stereocenters. The van der Waals surface area contributed by atoms with Crippen LogP contribution in [-0.2, 0) is 4.74 Å². The van der Waals surface area contributed by atoms with Crippen molar-refractivity contribution in [2.75, 3.05) is 24.2 Å². The number of hydrogen-bond donors (Lipinski definition) is 2. The Hall–Kier alpha value is -0.640. The number of ether oxygens (including phenoxy) is 1. The highest BCUT2D eigenvalue weighted by Gasteiger charge is 2.24. The van der Waals surface area contributed by atoms with E-state index in [0.29, 0.717) is 21.7 Å². The normalized spacial score (nSPS) is 23.9. The highest BCUT2D eigenvalue weighted by atomic mass is 35.5. The summed E-state index contributed by atoms with van der Waals surface area (Å²) < 4.78 is 5.51. The fourth-order valence-electron chi connectivity index (χ4n) is 2.04. The smallest absolute Gasteiger partial charge is 0.0720 e. The summed E-state index contributed by atoms with van der Waals surface area (Å²) >= 11 is 12.2. The lowest BCUT2D eigenvalue weighted by molar-refractivity contribution is 0.108. The van der Waals surface area contributed by atoms with Gasteiger partial charge in [-0.2, -0.15) is 0 Å². The van der Waals surface area contributed by atoms with Crippen LogP contribution in [0, 0.1) is 5.92 Å². The molecule has 17 heavy (non-hydrogen) atoms. The van der Waals surface area contributed by atoms with E-state index < -0.39 is 0 Å². The molecule has 0 bridgehead atoms. The second-order valence-electron chi connectivity index (χ2n) is 4.37. The van der Waals surface area contributed by atoms with Gasteiger partial charge in [-0.3, -0.25) is 0 Å². The van der Waals surface area contributed by atoms with Crippen LogP contribution < -0.4 is 11.1 Å². The summed E-state index contributed by atoms with van der Waals surface area (Å²) in [5.41, 5.74) is 6.98. The molecule has 1 aromatic carbocycles. The molecular formula is C12H16Cl2N2O. The Morgan fingerprint density at radius 3 is 2.59 bits per heavy atom. The highest BCUT2D eigenvalue weighted by molar-refractivity contribution is 6.39. The van der Waals surface area contributed by atoms with E-state index in [1.807, 2.05) is 0 Å². The SMILES string of the molecule is CC1OCCC1CNc1c(Cl)cc(N)cc1Cl. The van der Waals surface area contributed by atoms with E-state index in [4.69, 9.17) is 33.7 Å². The van der Waals surface area contributed by atoms with Crippen LogP contribution in [0.5, 0.6) is 0 Å². The molecule has 0 saturated carbocycles. The molecule has 1 aliphatic heterocycles. The number of anilines is 2. The van der Waals surface area contributed by atoms with E-state index >= 15 is 0 Å². The van der Waals surface area contributed by atoms with Crippen LogP contribution in [0.1, 0.15) is 13.3 Å². The van der Waals surface area contributed by atoms with Crippen molar-refractivity contribution in [2.24, 2.45) is 5.92 Å². The lowest BCUT2D eigenvalue weighted by Crippen LogP contribution is -2.21. The van der Waals surface area contributed by atoms with Gasteiger partial charge >= 0.3 is 0 Å². The first-order valence-electron chi connectivity index (χ1n) is 5.68. The third kappa shape index (κ3) is 2.97. The second kappa shape index (κ2) is 5.34. The van der Waals surface area contributed by atoms with Gasteiger partial charge in [0.1, 0.15) is 0 Å². The average molecular weight is 275 g/mol.